The predicted molar refractivity (Wildman–Crippen MR) is 115 cm³/mol. The number of rotatable bonds is 9. The van der Waals surface area contributed by atoms with Crippen molar-refractivity contribution in [3.63, 3.8) is 0 Å². The van der Waals surface area contributed by atoms with Gasteiger partial charge in [-0.25, -0.2) is 4.98 Å². The second-order valence-corrected chi connectivity index (χ2v) is 7.81. The predicted octanol–water partition coefficient (Wildman–Crippen LogP) is 5.55. The summed E-state index contributed by atoms with van der Waals surface area (Å²) in [7, 11) is 0. The van der Waals surface area contributed by atoms with Gasteiger partial charge in [0.25, 0.3) is 0 Å². The molecule has 0 atom stereocenters. The Balaban J connectivity index is 1.48. The molecule has 3 rings (SSSR count). The Morgan fingerprint density at radius 3 is 2.75 bits per heavy atom. The molecule has 0 spiro atoms. The highest BCUT2D eigenvalue weighted by atomic mass is 32.1. The van der Waals surface area contributed by atoms with Gasteiger partial charge >= 0.3 is 0 Å². The van der Waals surface area contributed by atoms with Crippen LogP contribution in [0.3, 0.4) is 0 Å². The summed E-state index contributed by atoms with van der Waals surface area (Å²) in [6.45, 7) is 4.63. The standard InChI is InChI=1S/C23H26N2O2S/c1-3-4-7-18-9-11-19(12-10-18)24-22(26)14-20-16-28-23(25-20)15-27-21-8-5-6-17(2)13-21/h5-6,8-13,16H,3-4,7,14-15H2,1-2H3,(H,24,26). The van der Waals surface area contributed by atoms with Gasteiger partial charge in [0.05, 0.1) is 12.1 Å². The van der Waals surface area contributed by atoms with E-state index in [9.17, 15) is 4.79 Å². The third-order valence-electron chi connectivity index (χ3n) is 4.35. The van der Waals surface area contributed by atoms with E-state index in [0.29, 0.717) is 6.61 Å². The number of hydrogen-bond acceptors (Lipinski definition) is 4. The highest BCUT2D eigenvalue weighted by molar-refractivity contribution is 7.09. The molecule has 0 radical (unpaired) electrons. The van der Waals surface area contributed by atoms with Crippen LogP contribution in [0.1, 0.15) is 41.6 Å². The second-order valence-electron chi connectivity index (χ2n) is 6.86. The number of ether oxygens (including phenoxy) is 1. The van der Waals surface area contributed by atoms with E-state index in [-0.39, 0.29) is 12.3 Å². The Kier molecular flexibility index (Phi) is 7.20. The van der Waals surface area contributed by atoms with Gasteiger partial charge < -0.3 is 10.1 Å². The minimum absolute atomic E-state index is 0.0576. The molecule has 5 heteroatoms. The van der Waals surface area contributed by atoms with Crippen LogP contribution in [0.2, 0.25) is 0 Å². The van der Waals surface area contributed by atoms with Crippen molar-refractivity contribution in [2.75, 3.05) is 5.32 Å². The molecule has 0 aliphatic heterocycles. The summed E-state index contributed by atoms with van der Waals surface area (Å²) in [4.78, 5) is 16.8. The van der Waals surface area contributed by atoms with Crippen molar-refractivity contribution < 1.29 is 9.53 Å². The number of thiazole rings is 1. The molecule has 1 aromatic heterocycles. The lowest BCUT2D eigenvalue weighted by molar-refractivity contribution is -0.115. The Morgan fingerprint density at radius 1 is 1.18 bits per heavy atom. The lowest BCUT2D eigenvalue weighted by Gasteiger charge is -2.06. The molecular weight excluding hydrogens is 368 g/mol. The van der Waals surface area contributed by atoms with Crippen molar-refractivity contribution in [2.24, 2.45) is 0 Å². The van der Waals surface area contributed by atoms with Gasteiger partial charge in [-0.2, -0.15) is 0 Å². The molecule has 0 bridgehead atoms. The molecule has 4 nitrogen and oxygen atoms in total. The average molecular weight is 395 g/mol. The van der Waals surface area contributed by atoms with E-state index in [2.05, 4.69) is 29.4 Å². The minimum Gasteiger partial charge on any atom is -0.486 e. The van der Waals surface area contributed by atoms with Crippen LogP contribution in [0.25, 0.3) is 0 Å². The number of anilines is 1. The lowest BCUT2D eigenvalue weighted by Crippen LogP contribution is -2.14. The molecule has 0 aliphatic rings. The first-order chi connectivity index (χ1) is 13.6. The third kappa shape index (κ3) is 6.20. The molecular formula is C23H26N2O2S. The van der Waals surface area contributed by atoms with Crippen LogP contribution in [0.4, 0.5) is 5.69 Å². The van der Waals surface area contributed by atoms with Crippen molar-refractivity contribution in [1.82, 2.24) is 4.98 Å². The fourth-order valence-corrected chi connectivity index (χ4v) is 3.56. The van der Waals surface area contributed by atoms with Crippen molar-refractivity contribution >= 4 is 22.9 Å². The summed E-state index contributed by atoms with van der Waals surface area (Å²) in [6, 6.07) is 16.0. The maximum atomic E-state index is 12.3. The first-order valence-corrected chi connectivity index (χ1v) is 10.5. The SMILES string of the molecule is CCCCc1ccc(NC(=O)Cc2csc(COc3cccc(C)c3)n2)cc1. The molecule has 1 N–H and O–H groups in total. The van der Waals surface area contributed by atoms with E-state index < -0.39 is 0 Å². The zero-order valence-corrected chi connectivity index (χ0v) is 17.2. The van der Waals surface area contributed by atoms with Gasteiger partial charge in [0, 0.05) is 11.1 Å². The molecule has 28 heavy (non-hydrogen) atoms. The van der Waals surface area contributed by atoms with Gasteiger partial charge in [0.15, 0.2) is 0 Å². The van der Waals surface area contributed by atoms with Crippen LogP contribution in [0.15, 0.2) is 53.9 Å². The molecule has 2 aromatic carbocycles. The number of aromatic nitrogens is 1. The number of aryl methyl sites for hydroxylation is 2. The molecule has 0 saturated heterocycles. The largest absolute Gasteiger partial charge is 0.486 e. The maximum absolute atomic E-state index is 12.3. The van der Waals surface area contributed by atoms with E-state index in [4.69, 9.17) is 4.74 Å². The number of nitrogens with one attached hydrogen (secondary N) is 1. The molecule has 1 heterocycles. The first kappa shape index (κ1) is 20.1. The highest BCUT2D eigenvalue weighted by Gasteiger charge is 2.09. The summed E-state index contributed by atoms with van der Waals surface area (Å²) >= 11 is 1.51. The van der Waals surface area contributed by atoms with Crippen molar-refractivity contribution in [2.45, 2.75) is 46.1 Å². The number of nitrogens with zero attached hydrogens (tertiary/aromatic N) is 1. The number of hydrogen-bond donors (Lipinski definition) is 1. The number of carbonyl (C=O) groups excluding carboxylic acids is 1. The number of amides is 1. The van der Waals surface area contributed by atoms with Crippen molar-refractivity contribution in [3.8, 4) is 5.75 Å². The molecule has 3 aromatic rings. The second kappa shape index (κ2) is 10.0. The summed E-state index contributed by atoms with van der Waals surface area (Å²) in [5.74, 6) is 0.773. The Bertz CT molecular complexity index is 903. The zero-order valence-electron chi connectivity index (χ0n) is 16.4. The number of unbranched alkanes of at least 4 members (excludes halogenated alkanes) is 1. The minimum atomic E-state index is -0.0576. The van der Waals surface area contributed by atoms with Crippen LogP contribution >= 0.6 is 11.3 Å². The Hall–Kier alpha value is -2.66. The van der Waals surface area contributed by atoms with Crippen molar-refractivity contribution in [3.05, 3.63) is 75.7 Å². The summed E-state index contributed by atoms with van der Waals surface area (Å²) in [6.07, 6.45) is 3.71. The van der Waals surface area contributed by atoms with Crippen LogP contribution in [0, 0.1) is 6.92 Å². The van der Waals surface area contributed by atoms with E-state index >= 15 is 0 Å². The Morgan fingerprint density at radius 2 is 2.00 bits per heavy atom. The molecule has 1 amide bonds. The Labute approximate surface area is 170 Å². The third-order valence-corrected chi connectivity index (χ3v) is 5.22. The highest BCUT2D eigenvalue weighted by Crippen LogP contribution is 2.17. The fourth-order valence-electron chi connectivity index (χ4n) is 2.85. The first-order valence-electron chi connectivity index (χ1n) is 9.64. The smallest absolute Gasteiger partial charge is 0.230 e. The topological polar surface area (TPSA) is 51.2 Å². The summed E-state index contributed by atoms with van der Waals surface area (Å²) in [5.41, 5.74) is 4.05. The number of carbonyl (C=O) groups is 1. The van der Waals surface area contributed by atoms with E-state index in [1.165, 1.54) is 29.7 Å². The van der Waals surface area contributed by atoms with Gasteiger partial charge in [-0.15, -0.1) is 11.3 Å². The molecule has 0 saturated carbocycles. The van der Waals surface area contributed by atoms with Gasteiger partial charge in [-0.3, -0.25) is 4.79 Å². The van der Waals surface area contributed by atoms with Gasteiger partial charge in [0.2, 0.25) is 5.91 Å². The van der Waals surface area contributed by atoms with Crippen LogP contribution in [-0.4, -0.2) is 10.9 Å². The van der Waals surface area contributed by atoms with Crippen LogP contribution in [0.5, 0.6) is 5.75 Å². The summed E-state index contributed by atoms with van der Waals surface area (Å²) < 4.78 is 5.77. The van der Waals surface area contributed by atoms with Crippen LogP contribution < -0.4 is 10.1 Å². The maximum Gasteiger partial charge on any atom is 0.230 e. The fraction of sp³-hybridized carbons (Fsp3) is 0.304. The monoisotopic (exact) mass is 394 g/mol. The van der Waals surface area contributed by atoms with E-state index in [1.54, 1.807) is 0 Å². The van der Waals surface area contributed by atoms with Crippen LogP contribution in [-0.2, 0) is 24.2 Å². The molecule has 0 aliphatic carbocycles. The zero-order chi connectivity index (χ0) is 19.8. The number of benzene rings is 2. The van der Waals surface area contributed by atoms with Gasteiger partial charge in [0.1, 0.15) is 17.4 Å². The summed E-state index contributed by atoms with van der Waals surface area (Å²) in [5, 5.41) is 5.73. The quantitative estimate of drug-likeness (QED) is 0.517. The van der Waals surface area contributed by atoms with E-state index in [1.807, 2.05) is 48.7 Å². The average Bonchev–Trinajstić information content (AvgIpc) is 3.13. The normalized spacial score (nSPS) is 10.6. The molecule has 0 fully saturated rings. The lowest BCUT2D eigenvalue weighted by atomic mass is 10.1. The molecule has 146 valence electrons. The van der Waals surface area contributed by atoms with E-state index in [0.717, 1.165) is 34.1 Å². The van der Waals surface area contributed by atoms with Crippen molar-refractivity contribution in [1.29, 1.82) is 0 Å². The molecule has 0 unspecified atom stereocenters. The van der Waals surface area contributed by atoms with Gasteiger partial charge in [-0.05, 0) is 55.2 Å². The van der Waals surface area contributed by atoms with Gasteiger partial charge in [-0.1, -0.05) is 37.6 Å².